The zero-order chi connectivity index (χ0) is 13.1. The van der Waals surface area contributed by atoms with Gasteiger partial charge in [-0.05, 0) is 19.2 Å². The van der Waals surface area contributed by atoms with Crippen molar-refractivity contribution in [3.05, 3.63) is 18.6 Å². The summed E-state index contributed by atoms with van der Waals surface area (Å²) in [6, 6.07) is 2.07. The number of imidazole rings is 1. The van der Waals surface area contributed by atoms with Crippen LogP contribution >= 0.6 is 11.8 Å². The third-order valence-electron chi connectivity index (χ3n) is 3.05. The van der Waals surface area contributed by atoms with Gasteiger partial charge in [0.2, 0.25) is 0 Å². The van der Waals surface area contributed by atoms with Gasteiger partial charge in [-0.2, -0.15) is 11.8 Å². The third kappa shape index (κ3) is 2.44. The second-order valence-electron chi connectivity index (χ2n) is 4.27. The van der Waals surface area contributed by atoms with Gasteiger partial charge in [-0.15, -0.1) is 0 Å². The summed E-state index contributed by atoms with van der Waals surface area (Å²) in [5, 5.41) is 12.8. The average molecular weight is 266 g/mol. The fraction of sp³-hybridized carbons (Fsp3) is 0.500. The van der Waals surface area contributed by atoms with Gasteiger partial charge in [-0.25, -0.2) is 9.97 Å². The molecule has 0 spiro atoms. The van der Waals surface area contributed by atoms with Gasteiger partial charge in [-0.1, -0.05) is 0 Å². The molecule has 0 aliphatic carbocycles. The molecular formula is C12H18N4OS. The van der Waals surface area contributed by atoms with Crippen molar-refractivity contribution in [1.82, 2.24) is 14.5 Å². The lowest BCUT2D eigenvalue weighted by atomic mass is 10.2. The molecule has 0 bridgehead atoms. The largest absolute Gasteiger partial charge is 0.395 e. The summed E-state index contributed by atoms with van der Waals surface area (Å²) < 4.78 is 1.96. The van der Waals surface area contributed by atoms with E-state index in [1.54, 1.807) is 24.3 Å². The van der Waals surface area contributed by atoms with E-state index < -0.39 is 0 Å². The smallest absolute Gasteiger partial charge is 0.154 e. The summed E-state index contributed by atoms with van der Waals surface area (Å²) >= 11 is 1.64. The maximum Gasteiger partial charge on any atom is 0.154 e. The van der Waals surface area contributed by atoms with Crippen LogP contribution in [0.3, 0.4) is 0 Å². The Balaban J connectivity index is 2.26. The van der Waals surface area contributed by atoms with E-state index in [0.29, 0.717) is 0 Å². The zero-order valence-electron chi connectivity index (χ0n) is 10.8. The molecule has 0 aromatic carbocycles. The number of rotatable bonds is 5. The van der Waals surface area contributed by atoms with Crippen molar-refractivity contribution >= 4 is 28.6 Å². The Hall–Kier alpha value is -1.27. The van der Waals surface area contributed by atoms with Gasteiger partial charge in [0, 0.05) is 24.5 Å². The van der Waals surface area contributed by atoms with E-state index in [2.05, 4.69) is 15.3 Å². The number of nitrogens with one attached hydrogen (secondary N) is 1. The van der Waals surface area contributed by atoms with Crippen LogP contribution in [0, 0.1) is 0 Å². The van der Waals surface area contributed by atoms with Crippen LogP contribution in [0.2, 0.25) is 0 Å². The first-order valence-corrected chi connectivity index (χ1v) is 7.12. The average Bonchev–Trinajstić information content (AvgIpc) is 2.74. The van der Waals surface area contributed by atoms with Crippen LogP contribution in [-0.4, -0.2) is 43.8 Å². The number of aromatic nitrogens is 3. The number of nitrogens with zero attached hydrogens (tertiary/aromatic N) is 3. The molecule has 5 nitrogen and oxygen atoms in total. The molecule has 2 atom stereocenters. The summed E-state index contributed by atoms with van der Waals surface area (Å²) in [4.78, 5) is 8.68. The molecule has 2 N–H and O–H groups in total. The minimum Gasteiger partial charge on any atom is -0.395 e. The molecule has 0 aliphatic rings. The van der Waals surface area contributed by atoms with E-state index in [0.717, 1.165) is 16.9 Å². The highest BCUT2D eigenvalue weighted by Crippen LogP contribution is 2.21. The van der Waals surface area contributed by atoms with E-state index in [1.807, 2.05) is 30.9 Å². The lowest BCUT2D eigenvalue weighted by Crippen LogP contribution is -2.31. The first-order chi connectivity index (χ1) is 8.67. The first-order valence-electron chi connectivity index (χ1n) is 5.83. The van der Waals surface area contributed by atoms with Crippen molar-refractivity contribution in [2.24, 2.45) is 7.05 Å². The quantitative estimate of drug-likeness (QED) is 0.858. The minimum atomic E-state index is 0.130. The normalized spacial score (nSPS) is 14.7. The highest BCUT2D eigenvalue weighted by molar-refractivity contribution is 7.99. The van der Waals surface area contributed by atoms with Crippen molar-refractivity contribution in [1.29, 1.82) is 0 Å². The van der Waals surface area contributed by atoms with Crippen molar-refractivity contribution < 1.29 is 5.11 Å². The molecule has 98 valence electrons. The predicted octanol–water partition coefficient (Wildman–Crippen LogP) is 1.49. The van der Waals surface area contributed by atoms with Gasteiger partial charge in [0.05, 0.1) is 18.5 Å². The number of hydrogen-bond acceptors (Lipinski definition) is 5. The molecule has 0 aliphatic heterocycles. The van der Waals surface area contributed by atoms with E-state index in [9.17, 15) is 5.11 Å². The Morgan fingerprint density at radius 1 is 1.50 bits per heavy atom. The molecule has 2 aromatic heterocycles. The minimum absolute atomic E-state index is 0.130. The van der Waals surface area contributed by atoms with Gasteiger partial charge in [0.15, 0.2) is 5.82 Å². The number of fused-ring (bicyclic) bond motifs is 1. The molecule has 0 fully saturated rings. The summed E-state index contributed by atoms with van der Waals surface area (Å²) in [6.45, 7) is 2.19. The van der Waals surface area contributed by atoms with E-state index >= 15 is 0 Å². The van der Waals surface area contributed by atoms with E-state index in [1.165, 1.54) is 0 Å². The lowest BCUT2D eigenvalue weighted by Gasteiger charge is -2.21. The lowest BCUT2D eigenvalue weighted by molar-refractivity contribution is 0.288. The molecule has 0 radical (unpaired) electrons. The fourth-order valence-electron chi connectivity index (χ4n) is 1.91. The maximum atomic E-state index is 9.29. The number of aliphatic hydroxyl groups is 1. The van der Waals surface area contributed by atoms with Crippen LogP contribution in [0.5, 0.6) is 0 Å². The Labute approximate surface area is 111 Å². The number of aliphatic hydroxyl groups excluding tert-OH is 1. The number of thioether (sulfide) groups is 1. The van der Waals surface area contributed by atoms with Crippen molar-refractivity contribution in [3.63, 3.8) is 0 Å². The topological polar surface area (TPSA) is 63.0 Å². The number of aryl methyl sites for hydroxylation is 1. The van der Waals surface area contributed by atoms with Crippen LogP contribution in [0.15, 0.2) is 18.6 Å². The van der Waals surface area contributed by atoms with Crippen molar-refractivity contribution in [2.75, 3.05) is 18.2 Å². The van der Waals surface area contributed by atoms with Gasteiger partial charge in [0.1, 0.15) is 5.52 Å². The Morgan fingerprint density at radius 3 is 2.94 bits per heavy atom. The van der Waals surface area contributed by atoms with Gasteiger partial charge < -0.3 is 15.0 Å². The van der Waals surface area contributed by atoms with Crippen molar-refractivity contribution in [2.45, 2.75) is 18.2 Å². The molecule has 18 heavy (non-hydrogen) atoms. The maximum absolute atomic E-state index is 9.29. The second-order valence-corrected chi connectivity index (χ2v) is 5.35. The van der Waals surface area contributed by atoms with Gasteiger partial charge in [0.25, 0.3) is 0 Å². The van der Waals surface area contributed by atoms with Crippen LogP contribution < -0.4 is 5.32 Å². The van der Waals surface area contributed by atoms with E-state index in [4.69, 9.17) is 0 Å². The summed E-state index contributed by atoms with van der Waals surface area (Å²) in [7, 11) is 1.96. The van der Waals surface area contributed by atoms with Crippen LogP contribution in [0.4, 0.5) is 5.82 Å². The molecule has 2 unspecified atom stereocenters. The highest BCUT2D eigenvalue weighted by Gasteiger charge is 2.17. The fourth-order valence-corrected chi connectivity index (χ4v) is 2.54. The highest BCUT2D eigenvalue weighted by atomic mass is 32.2. The number of hydrogen-bond donors (Lipinski definition) is 2. The monoisotopic (exact) mass is 266 g/mol. The third-order valence-corrected chi connectivity index (χ3v) is 4.21. The molecule has 6 heteroatoms. The van der Waals surface area contributed by atoms with Crippen LogP contribution in [-0.2, 0) is 7.05 Å². The molecule has 0 saturated carbocycles. The molecular weight excluding hydrogens is 248 g/mol. The zero-order valence-corrected chi connectivity index (χ0v) is 11.6. The Kier molecular flexibility index (Phi) is 4.08. The Bertz CT molecular complexity index is 524. The predicted molar refractivity (Wildman–Crippen MR) is 76.0 cm³/mol. The summed E-state index contributed by atoms with van der Waals surface area (Å²) in [5.74, 6) is 0.771. The number of pyridine rings is 1. The summed E-state index contributed by atoms with van der Waals surface area (Å²) in [6.07, 6.45) is 5.54. The molecule has 0 saturated heterocycles. The van der Waals surface area contributed by atoms with Crippen LogP contribution in [0.25, 0.3) is 11.0 Å². The molecule has 2 rings (SSSR count). The van der Waals surface area contributed by atoms with E-state index in [-0.39, 0.29) is 17.9 Å². The standard InChI is InChI=1S/C12H18N4OS/c1-8(10(6-17)18-3)15-12-11-9(4-5-13-12)16(2)7-14-11/h4-5,7-8,10,17H,6H2,1-3H3,(H,13,15). The number of anilines is 1. The van der Waals surface area contributed by atoms with Crippen LogP contribution in [0.1, 0.15) is 6.92 Å². The molecule has 2 heterocycles. The van der Waals surface area contributed by atoms with Crippen molar-refractivity contribution in [3.8, 4) is 0 Å². The first kappa shape index (κ1) is 13.2. The summed E-state index contributed by atoms with van der Waals surface area (Å²) in [5.41, 5.74) is 1.91. The van der Waals surface area contributed by atoms with Gasteiger partial charge >= 0.3 is 0 Å². The Morgan fingerprint density at radius 2 is 2.28 bits per heavy atom. The van der Waals surface area contributed by atoms with Gasteiger partial charge in [-0.3, -0.25) is 0 Å². The molecule has 2 aromatic rings. The molecule has 0 amide bonds. The second kappa shape index (κ2) is 5.58. The SMILES string of the molecule is CSC(CO)C(C)Nc1nccc2c1ncn2C.